The first-order valence-electron chi connectivity index (χ1n) is 10.2. The molecule has 9 nitrogen and oxygen atoms in total. The molecule has 1 atom stereocenters. The third-order valence-electron chi connectivity index (χ3n) is 6.11. The van der Waals surface area contributed by atoms with Crippen LogP contribution in [0.5, 0.6) is 0 Å². The van der Waals surface area contributed by atoms with Gasteiger partial charge in [0.05, 0.1) is 12.3 Å². The zero-order valence-electron chi connectivity index (χ0n) is 16.4. The minimum absolute atomic E-state index is 0.0517. The van der Waals surface area contributed by atoms with Crippen molar-refractivity contribution in [3.8, 4) is 0 Å². The summed E-state index contributed by atoms with van der Waals surface area (Å²) in [6.45, 7) is 3.70. The minimum atomic E-state index is -3.30. The molecule has 3 aliphatic rings. The number of sulfonamides is 1. The highest BCUT2D eigenvalue weighted by Crippen LogP contribution is 2.32. The maximum atomic E-state index is 12.9. The maximum absolute atomic E-state index is 12.9. The smallest absolute Gasteiger partial charge is 0.225 e. The molecule has 0 saturated carbocycles. The van der Waals surface area contributed by atoms with Crippen LogP contribution in [0.15, 0.2) is 0 Å². The topological polar surface area (TPSA) is 97.6 Å². The van der Waals surface area contributed by atoms with Crippen molar-refractivity contribution in [3.05, 3.63) is 11.6 Å². The number of amides is 1. The molecule has 0 radical (unpaired) electrons. The van der Waals surface area contributed by atoms with Crippen LogP contribution in [0.3, 0.4) is 0 Å². The molecular weight excluding hydrogens is 382 g/mol. The summed E-state index contributed by atoms with van der Waals surface area (Å²) in [6.07, 6.45) is 6.10. The van der Waals surface area contributed by atoms with Crippen molar-refractivity contribution in [2.45, 2.75) is 51.1 Å². The van der Waals surface area contributed by atoms with Crippen LogP contribution in [-0.2, 0) is 32.5 Å². The third kappa shape index (κ3) is 3.95. The van der Waals surface area contributed by atoms with Gasteiger partial charge in [0.25, 0.3) is 0 Å². The Kier molecular flexibility index (Phi) is 5.71. The van der Waals surface area contributed by atoms with Gasteiger partial charge in [0.2, 0.25) is 15.9 Å². The Balaban J connectivity index is 1.51. The first-order chi connectivity index (χ1) is 13.4. The van der Waals surface area contributed by atoms with E-state index in [1.807, 2.05) is 9.47 Å². The molecule has 0 aliphatic carbocycles. The van der Waals surface area contributed by atoms with E-state index in [2.05, 4.69) is 10.2 Å². The molecule has 1 unspecified atom stereocenters. The molecule has 1 aromatic heterocycles. The Bertz CT molecular complexity index is 818. The largest absolute Gasteiger partial charge is 0.381 e. The van der Waals surface area contributed by atoms with Gasteiger partial charge in [-0.15, -0.1) is 10.2 Å². The maximum Gasteiger partial charge on any atom is 0.225 e. The number of aromatic nitrogens is 3. The summed E-state index contributed by atoms with van der Waals surface area (Å²) < 4.78 is 33.5. The molecule has 156 valence electrons. The lowest BCUT2D eigenvalue weighted by Gasteiger charge is -2.33. The van der Waals surface area contributed by atoms with Gasteiger partial charge in [0.1, 0.15) is 5.82 Å². The van der Waals surface area contributed by atoms with Gasteiger partial charge in [-0.05, 0) is 25.7 Å². The first-order valence-corrected chi connectivity index (χ1v) is 12.1. The standard InChI is InChI=1S/C18H29N5O4S/c1-28(25,26)23-8-3-2-4-15(23)17-20-19-16-5-9-21(10-11-22(16)17)18(24)14-6-12-27-13-7-14/h14-15H,2-13H2,1H3. The van der Waals surface area contributed by atoms with Crippen LogP contribution in [0.2, 0.25) is 0 Å². The number of piperidine rings is 1. The summed E-state index contributed by atoms with van der Waals surface area (Å²) in [6, 6.07) is -0.261. The Morgan fingerprint density at radius 3 is 2.57 bits per heavy atom. The molecule has 2 saturated heterocycles. The quantitative estimate of drug-likeness (QED) is 0.722. The minimum Gasteiger partial charge on any atom is -0.381 e. The second-order valence-corrected chi connectivity index (χ2v) is 9.91. The molecule has 0 bridgehead atoms. The van der Waals surface area contributed by atoms with Gasteiger partial charge < -0.3 is 14.2 Å². The molecular formula is C18H29N5O4S. The summed E-state index contributed by atoms with van der Waals surface area (Å²) in [5, 5.41) is 8.72. The lowest BCUT2D eigenvalue weighted by molar-refractivity contribution is -0.138. The number of rotatable bonds is 3. The highest BCUT2D eigenvalue weighted by molar-refractivity contribution is 7.88. The molecule has 1 aromatic rings. The van der Waals surface area contributed by atoms with Crippen LogP contribution in [0.4, 0.5) is 0 Å². The molecule has 0 aromatic carbocycles. The number of carbonyl (C=O) groups is 1. The van der Waals surface area contributed by atoms with Crippen LogP contribution in [0.25, 0.3) is 0 Å². The van der Waals surface area contributed by atoms with Crippen molar-refractivity contribution < 1.29 is 17.9 Å². The summed E-state index contributed by atoms with van der Waals surface area (Å²) in [5.41, 5.74) is 0. The van der Waals surface area contributed by atoms with Crippen LogP contribution < -0.4 is 0 Å². The van der Waals surface area contributed by atoms with Crippen molar-refractivity contribution in [1.82, 2.24) is 24.0 Å². The normalized spacial score (nSPS) is 25.3. The van der Waals surface area contributed by atoms with E-state index in [9.17, 15) is 13.2 Å². The highest BCUT2D eigenvalue weighted by Gasteiger charge is 2.35. The second kappa shape index (κ2) is 8.08. The summed E-state index contributed by atoms with van der Waals surface area (Å²) >= 11 is 0. The van der Waals surface area contributed by atoms with Crippen molar-refractivity contribution in [3.63, 3.8) is 0 Å². The fourth-order valence-electron chi connectivity index (χ4n) is 4.57. The van der Waals surface area contributed by atoms with E-state index in [0.29, 0.717) is 45.8 Å². The van der Waals surface area contributed by atoms with Gasteiger partial charge in [-0.25, -0.2) is 8.42 Å². The van der Waals surface area contributed by atoms with Gasteiger partial charge >= 0.3 is 0 Å². The predicted molar refractivity (Wildman–Crippen MR) is 102 cm³/mol. The number of hydrogen-bond acceptors (Lipinski definition) is 6. The molecule has 10 heteroatoms. The Hall–Kier alpha value is -1.52. The van der Waals surface area contributed by atoms with Gasteiger partial charge in [0.15, 0.2) is 5.82 Å². The monoisotopic (exact) mass is 411 g/mol. The van der Waals surface area contributed by atoms with Gasteiger partial charge in [0, 0.05) is 51.7 Å². The molecule has 2 fully saturated rings. The van der Waals surface area contributed by atoms with Crippen molar-refractivity contribution in [1.29, 1.82) is 0 Å². The van der Waals surface area contributed by atoms with Crippen LogP contribution >= 0.6 is 0 Å². The van der Waals surface area contributed by atoms with E-state index >= 15 is 0 Å². The zero-order valence-corrected chi connectivity index (χ0v) is 17.2. The SMILES string of the molecule is CS(=O)(=O)N1CCCCC1c1nnc2n1CCN(C(=O)C1CCOCC1)CC2. The van der Waals surface area contributed by atoms with Crippen LogP contribution in [-0.4, -0.2) is 77.4 Å². The molecule has 28 heavy (non-hydrogen) atoms. The van der Waals surface area contributed by atoms with Crippen molar-refractivity contribution >= 4 is 15.9 Å². The molecule has 0 N–H and O–H groups in total. The Morgan fingerprint density at radius 1 is 1.04 bits per heavy atom. The van der Waals surface area contributed by atoms with E-state index in [1.165, 1.54) is 6.26 Å². The molecule has 3 aliphatic heterocycles. The highest BCUT2D eigenvalue weighted by atomic mass is 32.2. The fraction of sp³-hybridized carbons (Fsp3) is 0.833. The molecule has 4 heterocycles. The van der Waals surface area contributed by atoms with E-state index in [0.717, 1.165) is 43.8 Å². The van der Waals surface area contributed by atoms with E-state index in [4.69, 9.17) is 4.74 Å². The number of nitrogens with zero attached hydrogens (tertiary/aromatic N) is 5. The Morgan fingerprint density at radius 2 is 1.82 bits per heavy atom. The lowest BCUT2D eigenvalue weighted by Crippen LogP contribution is -2.41. The first kappa shape index (κ1) is 19.8. The fourth-order valence-corrected chi connectivity index (χ4v) is 5.70. The van der Waals surface area contributed by atoms with E-state index < -0.39 is 10.0 Å². The van der Waals surface area contributed by atoms with Crippen molar-refractivity contribution in [2.24, 2.45) is 5.92 Å². The summed E-state index contributed by atoms with van der Waals surface area (Å²) in [4.78, 5) is 14.8. The van der Waals surface area contributed by atoms with E-state index in [-0.39, 0.29) is 17.9 Å². The van der Waals surface area contributed by atoms with Gasteiger partial charge in [-0.1, -0.05) is 6.42 Å². The Labute approximate surface area is 166 Å². The van der Waals surface area contributed by atoms with Crippen molar-refractivity contribution in [2.75, 3.05) is 39.1 Å². The molecule has 0 spiro atoms. The number of carbonyl (C=O) groups excluding carboxylic acids is 1. The van der Waals surface area contributed by atoms with Gasteiger partial charge in [-0.3, -0.25) is 4.79 Å². The predicted octanol–water partition coefficient (Wildman–Crippen LogP) is 0.576. The van der Waals surface area contributed by atoms with Crippen LogP contribution in [0, 0.1) is 5.92 Å². The van der Waals surface area contributed by atoms with Crippen LogP contribution in [0.1, 0.15) is 49.8 Å². The third-order valence-corrected chi connectivity index (χ3v) is 7.40. The summed E-state index contributed by atoms with van der Waals surface area (Å²) in [7, 11) is -3.30. The number of fused-ring (bicyclic) bond motifs is 1. The summed E-state index contributed by atoms with van der Waals surface area (Å²) in [5.74, 6) is 1.83. The number of ether oxygens (including phenoxy) is 1. The number of hydrogen-bond donors (Lipinski definition) is 0. The molecule has 1 amide bonds. The second-order valence-electron chi connectivity index (χ2n) is 7.97. The van der Waals surface area contributed by atoms with Gasteiger partial charge in [-0.2, -0.15) is 4.31 Å². The zero-order chi connectivity index (χ0) is 19.7. The molecule has 4 rings (SSSR count). The van der Waals surface area contributed by atoms with E-state index in [1.54, 1.807) is 4.31 Å². The average molecular weight is 412 g/mol. The lowest BCUT2D eigenvalue weighted by atomic mass is 9.98. The average Bonchev–Trinajstić information content (AvgIpc) is 2.98.